The van der Waals surface area contributed by atoms with Crippen LogP contribution in [0.15, 0.2) is 65.6 Å². The lowest BCUT2D eigenvalue weighted by molar-refractivity contribution is -0.114. The Hall–Kier alpha value is -2.88. The fourth-order valence-corrected chi connectivity index (χ4v) is 8.48. The van der Waals surface area contributed by atoms with Gasteiger partial charge >= 0.3 is 0 Å². The van der Waals surface area contributed by atoms with Crippen molar-refractivity contribution in [3.8, 4) is 0 Å². The lowest BCUT2D eigenvalue weighted by atomic mass is 9.43. The first kappa shape index (κ1) is 21.6. The summed E-state index contributed by atoms with van der Waals surface area (Å²) in [5.41, 5.74) is 2.68. The largest absolute Gasteiger partial charge is 0.346 e. The predicted octanol–water partition coefficient (Wildman–Crippen LogP) is 5.72. The summed E-state index contributed by atoms with van der Waals surface area (Å²) < 4.78 is 2.08. The number of aromatic nitrogens is 1. The van der Waals surface area contributed by atoms with Crippen molar-refractivity contribution < 1.29 is 4.79 Å². The van der Waals surface area contributed by atoms with Gasteiger partial charge in [0.1, 0.15) is 5.56 Å². The van der Waals surface area contributed by atoms with Gasteiger partial charge in [-0.3, -0.25) is 9.59 Å². The summed E-state index contributed by atoms with van der Waals surface area (Å²) in [4.78, 5) is 27.1. The zero-order valence-electron chi connectivity index (χ0n) is 20.3. The van der Waals surface area contributed by atoms with Crippen molar-refractivity contribution in [1.82, 2.24) is 9.88 Å². The number of pyridine rings is 1. The average Bonchev–Trinajstić information content (AvgIpc) is 2.76. The Balaban J connectivity index is 1.34. The number of para-hydroxylation sites is 1. The molecule has 1 aromatic heterocycles. The van der Waals surface area contributed by atoms with Crippen molar-refractivity contribution in [2.75, 3.05) is 0 Å². The highest BCUT2D eigenvalue weighted by Gasteiger charge is 2.60. The van der Waals surface area contributed by atoms with E-state index in [-0.39, 0.29) is 22.4 Å². The van der Waals surface area contributed by atoms with Crippen LogP contribution in [0.2, 0.25) is 0 Å². The van der Waals surface area contributed by atoms with E-state index in [0.717, 1.165) is 31.2 Å². The third kappa shape index (κ3) is 3.68. The van der Waals surface area contributed by atoms with Gasteiger partial charge in [0.25, 0.3) is 5.91 Å². The van der Waals surface area contributed by atoms with Crippen molar-refractivity contribution in [3.05, 3.63) is 82.1 Å². The number of hydrogen-bond donors (Lipinski definition) is 1. The van der Waals surface area contributed by atoms with Crippen LogP contribution in [0.5, 0.6) is 0 Å². The quantitative estimate of drug-likeness (QED) is 0.536. The van der Waals surface area contributed by atoms with Crippen LogP contribution in [0, 0.1) is 16.7 Å². The molecule has 1 heterocycles. The van der Waals surface area contributed by atoms with E-state index in [4.69, 9.17) is 0 Å². The van der Waals surface area contributed by atoms with Gasteiger partial charge in [-0.15, -0.1) is 0 Å². The number of amides is 1. The molecule has 0 radical (unpaired) electrons. The number of carbonyl (C=O) groups is 1. The second kappa shape index (κ2) is 7.56. The smallest absolute Gasteiger partial charge is 0.257 e. The van der Waals surface area contributed by atoms with Crippen LogP contribution in [0.1, 0.15) is 68.3 Å². The molecule has 4 atom stereocenters. The second-order valence-corrected chi connectivity index (χ2v) is 12.2. The second-order valence-electron chi connectivity index (χ2n) is 12.2. The standard InChI is InChI=1S/C30H34N2O2/c1-28-14-22-15-29(2,18-28)20-30(16-22,19-28)31-27(34)24-17-32(13-12-21-8-4-3-5-9-21)25-11-7-6-10-23(25)26(24)33/h3-11,17,22H,12-16,18-20H2,1-2H3,(H,31,34)/t22?,28-,29+,30?. The van der Waals surface area contributed by atoms with Gasteiger partial charge in [-0.2, -0.15) is 0 Å². The van der Waals surface area contributed by atoms with Crippen molar-refractivity contribution in [3.63, 3.8) is 0 Å². The third-order valence-corrected chi connectivity index (χ3v) is 8.72. The first-order valence-electron chi connectivity index (χ1n) is 12.7. The summed E-state index contributed by atoms with van der Waals surface area (Å²) in [7, 11) is 0. The van der Waals surface area contributed by atoms with Crippen LogP contribution < -0.4 is 10.7 Å². The van der Waals surface area contributed by atoms with Crippen LogP contribution in [0.4, 0.5) is 0 Å². The fraction of sp³-hybridized carbons (Fsp3) is 0.467. The number of carbonyl (C=O) groups excluding carboxylic acids is 1. The van der Waals surface area contributed by atoms with Crippen molar-refractivity contribution in [1.29, 1.82) is 0 Å². The van der Waals surface area contributed by atoms with Gasteiger partial charge in [0.15, 0.2) is 0 Å². The molecule has 1 amide bonds. The minimum absolute atomic E-state index is 0.161. The molecule has 0 saturated heterocycles. The van der Waals surface area contributed by atoms with Gasteiger partial charge in [-0.25, -0.2) is 0 Å². The molecule has 0 aliphatic heterocycles. The maximum atomic E-state index is 13.7. The first-order chi connectivity index (χ1) is 16.3. The lowest BCUT2D eigenvalue weighted by Crippen LogP contribution is -2.65. The Labute approximate surface area is 201 Å². The summed E-state index contributed by atoms with van der Waals surface area (Å²) in [6, 6.07) is 18.0. The minimum Gasteiger partial charge on any atom is -0.346 e. The molecule has 4 fully saturated rings. The normalized spacial score (nSPS) is 31.6. The topological polar surface area (TPSA) is 51.1 Å². The lowest BCUT2D eigenvalue weighted by Gasteiger charge is -2.65. The highest BCUT2D eigenvalue weighted by molar-refractivity contribution is 5.97. The Morgan fingerprint density at radius 2 is 1.62 bits per heavy atom. The molecule has 4 nitrogen and oxygen atoms in total. The molecule has 176 valence electrons. The molecule has 2 aromatic carbocycles. The van der Waals surface area contributed by atoms with E-state index in [1.54, 1.807) is 6.20 Å². The van der Waals surface area contributed by atoms with E-state index in [0.29, 0.717) is 28.7 Å². The van der Waals surface area contributed by atoms with Gasteiger partial charge < -0.3 is 9.88 Å². The summed E-state index contributed by atoms with van der Waals surface area (Å²) in [5, 5.41) is 4.06. The van der Waals surface area contributed by atoms with Gasteiger partial charge in [0, 0.05) is 23.7 Å². The van der Waals surface area contributed by atoms with Gasteiger partial charge in [-0.1, -0.05) is 56.3 Å². The fourth-order valence-electron chi connectivity index (χ4n) is 8.48. The molecular formula is C30H34N2O2. The SMILES string of the molecule is C[C@]12CC3CC(NC(=O)c4cn(CCc5ccccc5)c5ccccc5c4=O)(C1)C[C@@](C)(C3)C2. The molecule has 7 rings (SSSR count). The molecule has 3 aromatic rings. The number of aryl methyl sites for hydroxylation is 2. The maximum Gasteiger partial charge on any atom is 0.257 e. The Bertz CT molecular complexity index is 1310. The molecule has 4 aliphatic carbocycles. The van der Waals surface area contributed by atoms with Crippen LogP contribution >= 0.6 is 0 Å². The molecule has 4 heteroatoms. The monoisotopic (exact) mass is 454 g/mol. The van der Waals surface area contributed by atoms with E-state index < -0.39 is 0 Å². The van der Waals surface area contributed by atoms with E-state index in [1.807, 2.05) is 42.5 Å². The molecule has 1 N–H and O–H groups in total. The van der Waals surface area contributed by atoms with Crippen LogP contribution in [-0.4, -0.2) is 16.0 Å². The summed E-state index contributed by atoms with van der Waals surface area (Å²) >= 11 is 0. The number of benzene rings is 2. The van der Waals surface area contributed by atoms with E-state index >= 15 is 0 Å². The van der Waals surface area contributed by atoms with Crippen LogP contribution in [0.25, 0.3) is 10.9 Å². The summed E-state index contributed by atoms with van der Waals surface area (Å²) in [6.07, 6.45) is 9.59. The van der Waals surface area contributed by atoms with Crippen molar-refractivity contribution in [2.45, 2.75) is 70.9 Å². The van der Waals surface area contributed by atoms with Gasteiger partial charge in [0.2, 0.25) is 5.43 Å². The van der Waals surface area contributed by atoms with Crippen molar-refractivity contribution >= 4 is 16.8 Å². The first-order valence-corrected chi connectivity index (χ1v) is 12.7. The number of hydrogen-bond acceptors (Lipinski definition) is 2. The van der Waals surface area contributed by atoms with Gasteiger partial charge in [0.05, 0.1) is 5.52 Å². The van der Waals surface area contributed by atoms with Crippen LogP contribution in [-0.2, 0) is 13.0 Å². The predicted molar refractivity (Wildman–Crippen MR) is 136 cm³/mol. The van der Waals surface area contributed by atoms with Gasteiger partial charge in [-0.05, 0) is 79.4 Å². The highest BCUT2D eigenvalue weighted by Crippen LogP contribution is 2.66. The Morgan fingerprint density at radius 1 is 0.941 bits per heavy atom. The Kier molecular flexibility index (Phi) is 4.81. The average molecular weight is 455 g/mol. The molecule has 4 bridgehead atoms. The number of nitrogens with one attached hydrogen (secondary N) is 1. The van der Waals surface area contributed by atoms with E-state index in [1.165, 1.54) is 24.8 Å². The minimum atomic E-state index is -0.196. The van der Waals surface area contributed by atoms with E-state index in [2.05, 4.69) is 35.9 Å². The molecule has 2 unspecified atom stereocenters. The molecule has 0 spiro atoms. The van der Waals surface area contributed by atoms with E-state index in [9.17, 15) is 9.59 Å². The molecule has 4 aliphatic rings. The number of fused-ring (bicyclic) bond motifs is 1. The molecule has 4 saturated carbocycles. The highest BCUT2D eigenvalue weighted by atomic mass is 16.2. The number of rotatable bonds is 5. The zero-order valence-corrected chi connectivity index (χ0v) is 20.3. The van der Waals surface area contributed by atoms with Crippen molar-refractivity contribution in [2.24, 2.45) is 16.7 Å². The zero-order chi connectivity index (χ0) is 23.6. The third-order valence-electron chi connectivity index (χ3n) is 8.72. The molecular weight excluding hydrogens is 420 g/mol. The summed E-state index contributed by atoms with van der Waals surface area (Å²) in [5.74, 6) is 0.490. The molecule has 34 heavy (non-hydrogen) atoms. The summed E-state index contributed by atoms with van der Waals surface area (Å²) in [6.45, 7) is 5.53. The maximum absolute atomic E-state index is 13.7. The number of nitrogens with zero attached hydrogens (tertiary/aromatic N) is 1. The Morgan fingerprint density at radius 3 is 2.32 bits per heavy atom. The van der Waals surface area contributed by atoms with Crippen LogP contribution in [0.3, 0.4) is 0 Å².